The lowest BCUT2D eigenvalue weighted by atomic mass is 10.2. The Kier molecular flexibility index (Phi) is 2.88. The third-order valence-electron chi connectivity index (χ3n) is 3.31. The summed E-state index contributed by atoms with van der Waals surface area (Å²) < 4.78 is 3.71. The van der Waals surface area contributed by atoms with E-state index in [1.165, 1.54) is 0 Å². The molecule has 0 saturated heterocycles. The van der Waals surface area contributed by atoms with Gasteiger partial charge in [-0.05, 0) is 24.1 Å². The van der Waals surface area contributed by atoms with Crippen LogP contribution in [0.25, 0.3) is 11.0 Å². The van der Waals surface area contributed by atoms with Crippen LogP contribution in [0.5, 0.6) is 0 Å². The molecular formula is C14H14N6. The van der Waals surface area contributed by atoms with Crippen molar-refractivity contribution >= 4 is 17.0 Å². The maximum atomic E-state index is 9.10. The first-order valence-corrected chi connectivity index (χ1v) is 6.31. The number of nitrogen functional groups attached to an aromatic ring is 1. The molecule has 3 aromatic rings. The number of nitrogens with zero attached hydrogens (tertiary/aromatic N) is 5. The van der Waals surface area contributed by atoms with E-state index in [2.05, 4.69) is 16.2 Å². The average molecular weight is 266 g/mol. The second kappa shape index (κ2) is 4.70. The Morgan fingerprint density at radius 1 is 1.40 bits per heavy atom. The number of para-hydroxylation sites is 1. The molecule has 3 rings (SSSR count). The zero-order chi connectivity index (χ0) is 14.1. The predicted octanol–water partition coefficient (Wildman–Crippen LogP) is 1.47. The lowest BCUT2D eigenvalue weighted by Gasteiger charge is -2.05. The SMILES string of the molecule is Cn1cc(CCn2c(N)nc3c(C#N)cccc32)cn1. The molecule has 0 fully saturated rings. The van der Waals surface area contributed by atoms with E-state index >= 15 is 0 Å². The monoisotopic (exact) mass is 266 g/mol. The fourth-order valence-corrected chi connectivity index (χ4v) is 2.33. The van der Waals surface area contributed by atoms with Crippen molar-refractivity contribution in [2.45, 2.75) is 13.0 Å². The molecule has 6 heteroatoms. The van der Waals surface area contributed by atoms with Crippen LogP contribution in [-0.2, 0) is 20.0 Å². The number of aromatic nitrogens is 4. The Bertz CT molecular complexity index is 805. The summed E-state index contributed by atoms with van der Waals surface area (Å²) in [6.07, 6.45) is 4.65. The van der Waals surface area contributed by atoms with Gasteiger partial charge in [0.2, 0.25) is 5.95 Å². The van der Waals surface area contributed by atoms with Crippen molar-refractivity contribution in [3.05, 3.63) is 41.7 Å². The number of fused-ring (bicyclic) bond motifs is 1. The molecule has 0 atom stereocenters. The van der Waals surface area contributed by atoms with Crippen LogP contribution in [0.3, 0.4) is 0 Å². The molecule has 6 nitrogen and oxygen atoms in total. The lowest BCUT2D eigenvalue weighted by molar-refractivity contribution is 0.723. The van der Waals surface area contributed by atoms with Gasteiger partial charge >= 0.3 is 0 Å². The van der Waals surface area contributed by atoms with Crippen molar-refractivity contribution in [3.8, 4) is 6.07 Å². The Morgan fingerprint density at radius 3 is 2.95 bits per heavy atom. The quantitative estimate of drug-likeness (QED) is 0.777. The molecule has 100 valence electrons. The molecule has 0 amide bonds. The second-order valence-corrected chi connectivity index (χ2v) is 4.68. The highest BCUT2D eigenvalue weighted by Gasteiger charge is 2.11. The number of rotatable bonds is 3. The van der Waals surface area contributed by atoms with Crippen molar-refractivity contribution in [1.29, 1.82) is 5.26 Å². The second-order valence-electron chi connectivity index (χ2n) is 4.68. The fraction of sp³-hybridized carbons (Fsp3) is 0.214. The largest absolute Gasteiger partial charge is 0.369 e. The summed E-state index contributed by atoms with van der Waals surface area (Å²) in [5, 5.41) is 13.2. The number of nitrogens with two attached hydrogens (primary N) is 1. The van der Waals surface area contributed by atoms with Gasteiger partial charge in [-0.15, -0.1) is 0 Å². The van der Waals surface area contributed by atoms with Crippen molar-refractivity contribution in [3.63, 3.8) is 0 Å². The number of hydrogen-bond donors (Lipinski definition) is 1. The summed E-state index contributed by atoms with van der Waals surface area (Å²) in [5.74, 6) is 0.437. The van der Waals surface area contributed by atoms with E-state index in [0.29, 0.717) is 23.6 Å². The van der Waals surface area contributed by atoms with Gasteiger partial charge < -0.3 is 10.3 Å². The average Bonchev–Trinajstić information content (AvgIpc) is 2.99. The topological polar surface area (TPSA) is 85.5 Å². The summed E-state index contributed by atoms with van der Waals surface area (Å²) in [7, 11) is 1.89. The van der Waals surface area contributed by atoms with Crippen LogP contribution in [0, 0.1) is 11.3 Å². The molecule has 0 bridgehead atoms. The van der Waals surface area contributed by atoms with Crippen LogP contribution in [0.15, 0.2) is 30.6 Å². The maximum Gasteiger partial charge on any atom is 0.201 e. The maximum absolute atomic E-state index is 9.10. The number of aryl methyl sites for hydroxylation is 3. The van der Waals surface area contributed by atoms with Gasteiger partial charge in [0.05, 0.1) is 17.3 Å². The molecule has 20 heavy (non-hydrogen) atoms. The van der Waals surface area contributed by atoms with E-state index in [-0.39, 0.29) is 0 Å². The predicted molar refractivity (Wildman–Crippen MR) is 75.8 cm³/mol. The molecule has 0 spiro atoms. The smallest absolute Gasteiger partial charge is 0.201 e. The number of nitriles is 1. The number of benzene rings is 1. The van der Waals surface area contributed by atoms with Crippen LogP contribution >= 0.6 is 0 Å². The Labute approximate surface area is 116 Å². The van der Waals surface area contributed by atoms with E-state index in [1.54, 1.807) is 10.7 Å². The van der Waals surface area contributed by atoms with Crippen molar-refractivity contribution in [2.75, 3.05) is 5.73 Å². The highest BCUT2D eigenvalue weighted by atomic mass is 15.2. The van der Waals surface area contributed by atoms with E-state index in [1.807, 2.05) is 36.1 Å². The first kappa shape index (κ1) is 12.2. The van der Waals surface area contributed by atoms with Gasteiger partial charge in [0, 0.05) is 19.8 Å². The number of hydrogen-bond acceptors (Lipinski definition) is 4. The zero-order valence-electron chi connectivity index (χ0n) is 11.1. The van der Waals surface area contributed by atoms with Crippen LogP contribution < -0.4 is 5.73 Å². The van der Waals surface area contributed by atoms with E-state index < -0.39 is 0 Å². The zero-order valence-corrected chi connectivity index (χ0v) is 11.1. The molecule has 1 aromatic carbocycles. The molecule has 0 aliphatic carbocycles. The molecule has 0 radical (unpaired) electrons. The van der Waals surface area contributed by atoms with Gasteiger partial charge in [-0.1, -0.05) is 6.07 Å². The third kappa shape index (κ3) is 1.99. The van der Waals surface area contributed by atoms with Crippen LogP contribution in [0.4, 0.5) is 5.95 Å². The van der Waals surface area contributed by atoms with Crippen LogP contribution in [0.2, 0.25) is 0 Å². The molecule has 0 aliphatic rings. The van der Waals surface area contributed by atoms with Crippen molar-refractivity contribution < 1.29 is 0 Å². The summed E-state index contributed by atoms with van der Waals surface area (Å²) >= 11 is 0. The first-order chi connectivity index (χ1) is 9.69. The lowest BCUT2D eigenvalue weighted by Crippen LogP contribution is -2.05. The minimum absolute atomic E-state index is 0.437. The Balaban J connectivity index is 1.95. The van der Waals surface area contributed by atoms with E-state index in [0.717, 1.165) is 17.5 Å². The fourth-order valence-electron chi connectivity index (χ4n) is 2.33. The van der Waals surface area contributed by atoms with Gasteiger partial charge in [0.1, 0.15) is 11.6 Å². The van der Waals surface area contributed by atoms with Gasteiger partial charge in [-0.25, -0.2) is 4.98 Å². The van der Waals surface area contributed by atoms with Crippen molar-refractivity contribution in [2.24, 2.45) is 7.05 Å². The van der Waals surface area contributed by atoms with Gasteiger partial charge in [-0.3, -0.25) is 4.68 Å². The normalized spacial score (nSPS) is 10.8. The molecule has 2 heterocycles. The van der Waals surface area contributed by atoms with E-state index in [4.69, 9.17) is 11.0 Å². The molecule has 2 aromatic heterocycles. The van der Waals surface area contributed by atoms with Gasteiger partial charge in [0.15, 0.2) is 0 Å². The minimum atomic E-state index is 0.437. The third-order valence-corrected chi connectivity index (χ3v) is 3.31. The van der Waals surface area contributed by atoms with Gasteiger partial charge in [-0.2, -0.15) is 10.4 Å². The summed E-state index contributed by atoms with van der Waals surface area (Å²) in [5.41, 5.74) is 9.22. The molecule has 0 saturated carbocycles. The van der Waals surface area contributed by atoms with Crippen LogP contribution in [-0.4, -0.2) is 19.3 Å². The number of anilines is 1. The molecular weight excluding hydrogens is 252 g/mol. The molecule has 0 unspecified atom stereocenters. The molecule has 0 aliphatic heterocycles. The molecule has 2 N–H and O–H groups in total. The van der Waals surface area contributed by atoms with Crippen LogP contribution in [0.1, 0.15) is 11.1 Å². The number of imidazole rings is 1. The summed E-state index contributed by atoms with van der Waals surface area (Å²) in [6, 6.07) is 7.68. The standard InChI is InChI=1S/C14H14N6/c1-19-9-10(8-17-19)5-6-20-12-4-2-3-11(7-15)13(12)18-14(20)16/h2-4,8-9H,5-6H2,1H3,(H2,16,18). The highest BCUT2D eigenvalue weighted by Crippen LogP contribution is 2.21. The summed E-state index contributed by atoms with van der Waals surface area (Å²) in [6.45, 7) is 0.711. The van der Waals surface area contributed by atoms with E-state index in [9.17, 15) is 0 Å². The Morgan fingerprint density at radius 2 is 2.25 bits per heavy atom. The minimum Gasteiger partial charge on any atom is -0.369 e. The van der Waals surface area contributed by atoms with Crippen molar-refractivity contribution in [1.82, 2.24) is 19.3 Å². The van der Waals surface area contributed by atoms with Gasteiger partial charge in [0.25, 0.3) is 0 Å². The summed E-state index contributed by atoms with van der Waals surface area (Å²) in [4.78, 5) is 4.30. The first-order valence-electron chi connectivity index (χ1n) is 6.31. The highest BCUT2D eigenvalue weighted by molar-refractivity contribution is 5.83. The Hall–Kier alpha value is -2.81.